The van der Waals surface area contributed by atoms with Crippen LogP contribution in [0.1, 0.15) is 5.56 Å². The van der Waals surface area contributed by atoms with Crippen LogP contribution in [-0.2, 0) is 9.53 Å². The van der Waals surface area contributed by atoms with Crippen LogP contribution in [0.25, 0.3) is 6.08 Å². The van der Waals surface area contributed by atoms with E-state index in [-0.39, 0.29) is 17.2 Å². The highest BCUT2D eigenvalue weighted by Gasteiger charge is 2.38. The molecule has 6 nitrogen and oxygen atoms in total. The van der Waals surface area contributed by atoms with Gasteiger partial charge in [-0.2, -0.15) is 4.39 Å². The number of benzene rings is 1. The summed E-state index contributed by atoms with van der Waals surface area (Å²) in [7, 11) is 0. The molecule has 0 radical (unpaired) electrons. The molecule has 0 unspecified atom stereocenters. The molecule has 1 aromatic carbocycles. The largest absolute Gasteiger partial charge is 0.507 e. The standard InChI is InChI=1S/C15H8BrFN2O4/c16-10-5-8(1-3-11(10)20)6-12-14(21)19(15(22)23-12)9-2-4-13(17)18-7-9/h1-7,20H/b12-6-. The van der Waals surface area contributed by atoms with Crippen molar-refractivity contribution < 1.29 is 23.8 Å². The lowest BCUT2D eigenvalue weighted by molar-refractivity contribution is -0.114. The molecule has 0 atom stereocenters. The summed E-state index contributed by atoms with van der Waals surface area (Å²) in [5, 5.41) is 9.45. The summed E-state index contributed by atoms with van der Waals surface area (Å²) in [6.07, 6.45) is 1.53. The number of rotatable bonds is 2. The van der Waals surface area contributed by atoms with E-state index >= 15 is 0 Å². The van der Waals surface area contributed by atoms with Crippen molar-refractivity contribution in [3.63, 3.8) is 0 Å². The van der Waals surface area contributed by atoms with Crippen LogP contribution in [0.4, 0.5) is 14.9 Å². The van der Waals surface area contributed by atoms with Crippen molar-refractivity contribution in [1.29, 1.82) is 0 Å². The number of aromatic nitrogens is 1. The molecule has 0 saturated carbocycles. The molecule has 116 valence electrons. The Bertz CT molecular complexity index is 836. The number of ether oxygens (including phenoxy) is 1. The fourth-order valence-corrected chi connectivity index (χ4v) is 2.35. The Morgan fingerprint density at radius 2 is 2.04 bits per heavy atom. The SMILES string of the molecule is O=C1O/C(=C\c2ccc(O)c(Br)c2)C(=O)N1c1ccc(F)nc1. The molecule has 1 fully saturated rings. The highest BCUT2D eigenvalue weighted by atomic mass is 79.9. The maximum Gasteiger partial charge on any atom is 0.427 e. The number of nitrogens with zero attached hydrogens (tertiary/aromatic N) is 2. The van der Waals surface area contributed by atoms with E-state index in [1.165, 1.54) is 18.2 Å². The molecular weight excluding hydrogens is 371 g/mol. The zero-order valence-corrected chi connectivity index (χ0v) is 12.9. The average Bonchev–Trinajstić information content (AvgIpc) is 2.79. The molecule has 2 heterocycles. The first-order chi connectivity index (χ1) is 11.0. The van der Waals surface area contributed by atoms with Crippen molar-refractivity contribution in [3.8, 4) is 5.75 Å². The van der Waals surface area contributed by atoms with E-state index in [0.717, 1.165) is 17.2 Å². The Hall–Kier alpha value is -2.74. The van der Waals surface area contributed by atoms with Crippen molar-refractivity contribution in [2.24, 2.45) is 0 Å². The molecule has 8 heteroatoms. The first-order valence-electron chi connectivity index (χ1n) is 6.34. The molecule has 0 bridgehead atoms. The molecule has 1 aromatic heterocycles. The molecule has 3 rings (SSSR count). The van der Waals surface area contributed by atoms with E-state index in [0.29, 0.717) is 10.0 Å². The zero-order valence-electron chi connectivity index (χ0n) is 11.4. The summed E-state index contributed by atoms with van der Waals surface area (Å²) in [5.74, 6) is -1.55. The number of cyclic esters (lactones) is 1. The van der Waals surface area contributed by atoms with Gasteiger partial charge < -0.3 is 9.84 Å². The van der Waals surface area contributed by atoms with E-state index in [1.807, 2.05) is 0 Å². The molecule has 1 aliphatic rings. The minimum atomic E-state index is -0.896. The summed E-state index contributed by atoms with van der Waals surface area (Å²) in [6, 6.07) is 6.83. The van der Waals surface area contributed by atoms with Crippen LogP contribution < -0.4 is 4.90 Å². The van der Waals surface area contributed by atoms with E-state index in [4.69, 9.17) is 4.74 Å². The Morgan fingerprint density at radius 1 is 1.26 bits per heavy atom. The van der Waals surface area contributed by atoms with Crippen molar-refractivity contribution >= 4 is 39.7 Å². The second kappa shape index (κ2) is 5.81. The topological polar surface area (TPSA) is 79.7 Å². The first-order valence-corrected chi connectivity index (χ1v) is 7.13. The number of pyridine rings is 1. The molecule has 2 aromatic rings. The summed E-state index contributed by atoms with van der Waals surface area (Å²) in [6.45, 7) is 0. The van der Waals surface area contributed by atoms with Crippen molar-refractivity contribution in [2.75, 3.05) is 4.90 Å². The third-order valence-electron chi connectivity index (χ3n) is 3.03. The third kappa shape index (κ3) is 2.93. The van der Waals surface area contributed by atoms with Gasteiger partial charge in [-0.25, -0.2) is 14.7 Å². The predicted octanol–water partition coefficient (Wildman–Crippen LogP) is 3.21. The Kier molecular flexibility index (Phi) is 3.83. The van der Waals surface area contributed by atoms with Crippen LogP contribution in [0.15, 0.2) is 46.8 Å². The number of phenols is 1. The number of hydrogen-bond acceptors (Lipinski definition) is 5. The van der Waals surface area contributed by atoms with Gasteiger partial charge in [0.1, 0.15) is 5.75 Å². The lowest BCUT2D eigenvalue weighted by atomic mass is 10.2. The lowest BCUT2D eigenvalue weighted by Gasteiger charge is -2.08. The monoisotopic (exact) mass is 378 g/mol. The number of aromatic hydroxyl groups is 1. The number of amides is 2. The van der Waals surface area contributed by atoms with Crippen LogP contribution in [-0.4, -0.2) is 22.1 Å². The van der Waals surface area contributed by atoms with E-state index in [9.17, 15) is 19.1 Å². The van der Waals surface area contributed by atoms with E-state index in [1.54, 1.807) is 12.1 Å². The molecule has 2 amide bonds. The summed E-state index contributed by atoms with van der Waals surface area (Å²) < 4.78 is 18.2. The molecule has 0 aliphatic carbocycles. The number of hydrogen-bond donors (Lipinski definition) is 1. The maximum atomic E-state index is 12.8. The molecule has 1 saturated heterocycles. The van der Waals surface area contributed by atoms with Gasteiger partial charge in [-0.05, 0) is 51.8 Å². The first kappa shape index (κ1) is 15.2. The number of phenolic OH excluding ortho intramolecular Hbond substituents is 1. The quantitative estimate of drug-likeness (QED) is 0.640. The van der Waals surface area contributed by atoms with Crippen LogP contribution in [0.5, 0.6) is 5.75 Å². The van der Waals surface area contributed by atoms with E-state index < -0.39 is 17.9 Å². The second-order valence-electron chi connectivity index (χ2n) is 4.57. The fraction of sp³-hybridized carbons (Fsp3) is 0. The lowest BCUT2D eigenvalue weighted by Crippen LogP contribution is -2.28. The normalized spacial score (nSPS) is 16.1. The minimum Gasteiger partial charge on any atom is -0.507 e. The number of carbonyl (C=O) groups excluding carboxylic acids is 2. The van der Waals surface area contributed by atoms with Crippen LogP contribution in [0, 0.1) is 5.95 Å². The Balaban J connectivity index is 1.92. The molecule has 23 heavy (non-hydrogen) atoms. The van der Waals surface area contributed by atoms with Gasteiger partial charge in [0.2, 0.25) is 5.95 Å². The van der Waals surface area contributed by atoms with Crippen LogP contribution in [0.2, 0.25) is 0 Å². The zero-order chi connectivity index (χ0) is 16.6. The number of carbonyl (C=O) groups is 2. The van der Waals surface area contributed by atoms with Crippen molar-refractivity contribution in [2.45, 2.75) is 0 Å². The van der Waals surface area contributed by atoms with E-state index in [2.05, 4.69) is 20.9 Å². The molecule has 0 spiro atoms. The highest BCUT2D eigenvalue weighted by molar-refractivity contribution is 9.10. The Labute approximate surface area is 137 Å². The van der Waals surface area contributed by atoms with Gasteiger partial charge in [-0.15, -0.1) is 0 Å². The fourth-order valence-electron chi connectivity index (χ4n) is 1.95. The Morgan fingerprint density at radius 3 is 2.70 bits per heavy atom. The van der Waals surface area contributed by atoms with Gasteiger partial charge in [0.25, 0.3) is 0 Å². The number of anilines is 1. The number of imide groups is 1. The highest BCUT2D eigenvalue weighted by Crippen LogP contribution is 2.28. The van der Waals surface area contributed by atoms with Gasteiger partial charge in [-0.1, -0.05) is 6.07 Å². The summed E-state index contributed by atoms with van der Waals surface area (Å²) in [4.78, 5) is 28.3. The third-order valence-corrected chi connectivity index (χ3v) is 3.67. The average molecular weight is 379 g/mol. The van der Waals surface area contributed by atoms with Gasteiger partial charge in [0.05, 0.1) is 16.4 Å². The summed E-state index contributed by atoms with van der Waals surface area (Å²) >= 11 is 3.15. The van der Waals surface area contributed by atoms with Gasteiger partial charge in [0, 0.05) is 0 Å². The minimum absolute atomic E-state index is 0.0425. The smallest absolute Gasteiger partial charge is 0.427 e. The van der Waals surface area contributed by atoms with Crippen molar-refractivity contribution in [1.82, 2.24) is 4.98 Å². The molecular formula is C15H8BrFN2O4. The van der Waals surface area contributed by atoms with Crippen LogP contribution >= 0.6 is 15.9 Å². The number of halogens is 2. The summed E-state index contributed by atoms with van der Waals surface area (Å²) in [5.41, 5.74) is 0.654. The van der Waals surface area contributed by atoms with Gasteiger partial charge in [-0.3, -0.25) is 4.79 Å². The van der Waals surface area contributed by atoms with Crippen LogP contribution in [0.3, 0.4) is 0 Å². The second-order valence-corrected chi connectivity index (χ2v) is 5.42. The van der Waals surface area contributed by atoms with Gasteiger partial charge >= 0.3 is 12.0 Å². The molecule has 1 aliphatic heterocycles. The predicted molar refractivity (Wildman–Crippen MR) is 81.9 cm³/mol. The van der Waals surface area contributed by atoms with Gasteiger partial charge in [0.15, 0.2) is 5.76 Å². The maximum absolute atomic E-state index is 12.8. The van der Waals surface area contributed by atoms with Crippen molar-refractivity contribution in [3.05, 3.63) is 58.3 Å². The molecule has 1 N–H and O–H groups in total.